The summed E-state index contributed by atoms with van der Waals surface area (Å²) in [5.74, 6) is 0.0169. The fourth-order valence-corrected chi connectivity index (χ4v) is 3.46. The number of nitrogens with zero attached hydrogens (tertiary/aromatic N) is 3. The van der Waals surface area contributed by atoms with Gasteiger partial charge in [0.25, 0.3) is 11.8 Å². The Kier molecular flexibility index (Phi) is 5.61. The molecule has 1 saturated heterocycles. The Morgan fingerprint density at radius 2 is 1.38 bits per heavy atom. The molecule has 0 N–H and O–H groups in total. The number of rotatable bonds is 3. The Hall–Kier alpha value is -2.34. The molecule has 1 heterocycles. The monoisotopic (exact) mass is 415 g/mol. The van der Waals surface area contributed by atoms with Crippen LogP contribution in [0.1, 0.15) is 20.7 Å². The Balaban J connectivity index is 1.62. The van der Waals surface area contributed by atoms with Gasteiger partial charge in [0.05, 0.1) is 5.56 Å². The highest BCUT2D eigenvalue weighted by Crippen LogP contribution is 2.19. The van der Waals surface area contributed by atoms with Gasteiger partial charge in [0.15, 0.2) is 0 Å². The molecule has 0 spiro atoms. The van der Waals surface area contributed by atoms with E-state index in [9.17, 15) is 9.59 Å². The van der Waals surface area contributed by atoms with E-state index in [0.29, 0.717) is 37.3 Å². The molecule has 2 aromatic rings. The summed E-state index contributed by atoms with van der Waals surface area (Å²) in [6.45, 7) is 2.18. The van der Waals surface area contributed by atoms with Crippen LogP contribution in [0.5, 0.6) is 0 Å². The fourth-order valence-electron chi connectivity index (χ4n) is 3.00. The van der Waals surface area contributed by atoms with Gasteiger partial charge in [-0.1, -0.05) is 12.1 Å². The van der Waals surface area contributed by atoms with Gasteiger partial charge in [0.1, 0.15) is 0 Å². The lowest BCUT2D eigenvalue weighted by Gasteiger charge is -2.35. The van der Waals surface area contributed by atoms with E-state index >= 15 is 0 Å². The molecule has 26 heavy (non-hydrogen) atoms. The lowest BCUT2D eigenvalue weighted by atomic mass is 10.1. The van der Waals surface area contributed by atoms with E-state index in [4.69, 9.17) is 0 Å². The van der Waals surface area contributed by atoms with Crippen LogP contribution in [-0.4, -0.2) is 61.9 Å². The van der Waals surface area contributed by atoms with Crippen LogP contribution in [0.15, 0.2) is 53.0 Å². The summed E-state index contributed by atoms with van der Waals surface area (Å²) in [5.41, 5.74) is 2.40. The molecule has 136 valence electrons. The van der Waals surface area contributed by atoms with Crippen molar-refractivity contribution in [3.63, 3.8) is 0 Å². The third-order valence-electron chi connectivity index (χ3n) is 4.59. The molecule has 5 nitrogen and oxygen atoms in total. The summed E-state index contributed by atoms with van der Waals surface area (Å²) in [6.07, 6.45) is 0. The van der Waals surface area contributed by atoms with E-state index in [1.807, 2.05) is 72.4 Å². The first-order valence-electron chi connectivity index (χ1n) is 8.58. The van der Waals surface area contributed by atoms with Gasteiger partial charge in [0.2, 0.25) is 0 Å². The van der Waals surface area contributed by atoms with Crippen LogP contribution in [0.3, 0.4) is 0 Å². The average Bonchev–Trinajstić information content (AvgIpc) is 2.67. The van der Waals surface area contributed by atoms with Crippen LogP contribution < -0.4 is 4.90 Å². The van der Waals surface area contributed by atoms with Crippen molar-refractivity contribution in [1.29, 1.82) is 0 Å². The number of hydrogen-bond acceptors (Lipinski definition) is 3. The summed E-state index contributed by atoms with van der Waals surface area (Å²) in [5, 5.41) is 0. The molecule has 0 radical (unpaired) electrons. The zero-order valence-corrected chi connectivity index (χ0v) is 16.6. The minimum atomic E-state index is -0.0000834. The van der Waals surface area contributed by atoms with Gasteiger partial charge in [-0.3, -0.25) is 9.59 Å². The van der Waals surface area contributed by atoms with Gasteiger partial charge in [-0.25, -0.2) is 0 Å². The summed E-state index contributed by atoms with van der Waals surface area (Å²) in [4.78, 5) is 31.0. The smallest absolute Gasteiger partial charge is 0.255 e. The molecular formula is C20H22BrN3O2. The summed E-state index contributed by atoms with van der Waals surface area (Å²) >= 11 is 3.43. The second kappa shape index (κ2) is 7.91. The van der Waals surface area contributed by atoms with Crippen LogP contribution in [0.2, 0.25) is 0 Å². The van der Waals surface area contributed by atoms with Crippen molar-refractivity contribution in [2.24, 2.45) is 0 Å². The number of anilines is 1. The molecule has 2 amide bonds. The molecule has 0 aromatic heterocycles. The Labute approximate surface area is 162 Å². The van der Waals surface area contributed by atoms with Crippen LogP contribution in [0, 0.1) is 0 Å². The zero-order chi connectivity index (χ0) is 18.7. The fraction of sp³-hybridized carbons (Fsp3) is 0.300. The quantitative estimate of drug-likeness (QED) is 0.773. The van der Waals surface area contributed by atoms with Crippen molar-refractivity contribution in [3.8, 4) is 0 Å². The predicted octanol–water partition coefficient (Wildman–Crippen LogP) is 3.11. The Morgan fingerprint density at radius 3 is 1.92 bits per heavy atom. The second-order valence-corrected chi connectivity index (χ2v) is 7.36. The van der Waals surface area contributed by atoms with Crippen molar-refractivity contribution in [2.75, 3.05) is 45.2 Å². The number of amides is 2. The molecule has 1 aliphatic heterocycles. The summed E-state index contributed by atoms with van der Waals surface area (Å²) in [6, 6.07) is 15.0. The molecule has 0 saturated carbocycles. The molecule has 3 rings (SSSR count). The number of piperazine rings is 1. The summed E-state index contributed by atoms with van der Waals surface area (Å²) < 4.78 is 0.796. The van der Waals surface area contributed by atoms with Gasteiger partial charge in [-0.2, -0.15) is 0 Å². The average molecular weight is 416 g/mol. The molecule has 0 atom stereocenters. The maximum absolute atomic E-state index is 12.7. The maximum Gasteiger partial charge on any atom is 0.255 e. The lowest BCUT2D eigenvalue weighted by Crippen LogP contribution is -2.50. The minimum Gasteiger partial charge on any atom is -0.378 e. The first-order valence-corrected chi connectivity index (χ1v) is 9.37. The summed E-state index contributed by atoms with van der Waals surface area (Å²) in [7, 11) is 3.94. The number of hydrogen-bond donors (Lipinski definition) is 0. The van der Waals surface area contributed by atoms with E-state index in [0.717, 1.165) is 10.2 Å². The highest BCUT2D eigenvalue weighted by molar-refractivity contribution is 9.10. The van der Waals surface area contributed by atoms with E-state index in [1.165, 1.54) is 0 Å². The largest absolute Gasteiger partial charge is 0.378 e. The number of benzene rings is 2. The van der Waals surface area contributed by atoms with Gasteiger partial charge in [0, 0.05) is 56.0 Å². The molecule has 2 aromatic carbocycles. The standard InChI is InChI=1S/C20H22BrN3O2/c1-22(2)16-9-7-15(8-10-16)19(25)23-11-13-24(14-12-23)20(26)17-5-3-4-6-18(17)21/h3-10H,11-14H2,1-2H3. The maximum atomic E-state index is 12.7. The molecule has 0 bridgehead atoms. The van der Waals surface area contributed by atoms with Crippen molar-refractivity contribution >= 4 is 33.4 Å². The van der Waals surface area contributed by atoms with Crippen molar-refractivity contribution in [3.05, 3.63) is 64.1 Å². The van der Waals surface area contributed by atoms with Gasteiger partial charge in [-0.15, -0.1) is 0 Å². The lowest BCUT2D eigenvalue weighted by molar-refractivity contribution is 0.0535. The van der Waals surface area contributed by atoms with Crippen LogP contribution in [0.25, 0.3) is 0 Å². The second-order valence-electron chi connectivity index (χ2n) is 6.51. The molecular weight excluding hydrogens is 394 g/mol. The van der Waals surface area contributed by atoms with Crippen LogP contribution >= 0.6 is 15.9 Å². The Morgan fingerprint density at radius 1 is 0.846 bits per heavy atom. The minimum absolute atomic E-state index is 0.0000834. The SMILES string of the molecule is CN(C)c1ccc(C(=O)N2CCN(C(=O)c3ccccc3Br)CC2)cc1. The van der Waals surface area contributed by atoms with Crippen molar-refractivity contribution in [1.82, 2.24) is 9.80 Å². The van der Waals surface area contributed by atoms with E-state index < -0.39 is 0 Å². The van der Waals surface area contributed by atoms with Crippen molar-refractivity contribution < 1.29 is 9.59 Å². The molecule has 0 aliphatic carbocycles. The number of carbonyl (C=O) groups excluding carboxylic acids is 2. The van der Waals surface area contributed by atoms with E-state index in [-0.39, 0.29) is 11.8 Å². The molecule has 1 aliphatic rings. The topological polar surface area (TPSA) is 43.9 Å². The highest BCUT2D eigenvalue weighted by atomic mass is 79.9. The van der Waals surface area contributed by atoms with Gasteiger partial charge < -0.3 is 14.7 Å². The molecule has 0 unspecified atom stereocenters. The Bertz CT molecular complexity index is 797. The van der Waals surface area contributed by atoms with Crippen LogP contribution in [0.4, 0.5) is 5.69 Å². The normalized spacial score (nSPS) is 14.3. The molecule has 1 fully saturated rings. The van der Waals surface area contributed by atoms with E-state index in [1.54, 1.807) is 4.90 Å². The molecule has 6 heteroatoms. The first-order chi connectivity index (χ1) is 12.5. The number of carbonyl (C=O) groups is 2. The number of halogens is 1. The van der Waals surface area contributed by atoms with Crippen molar-refractivity contribution in [2.45, 2.75) is 0 Å². The third-order valence-corrected chi connectivity index (χ3v) is 5.28. The first kappa shape index (κ1) is 18.5. The van der Waals surface area contributed by atoms with Gasteiger partial charge in [-0.05, 0) is 52.3 Å². The van der Waals surface area contributed by atoms with E-state index in [2.05, 4.69) is 15.9 Å². The van der Waals surface area contributed by atoms with Gasteiger partial charge >= 0.3 is 0 Å². The van der Waals surface area contributed by atoms with Crippen LogP contribution in [-0.2, 0) is 0 Å². The highest BCUT2D eigenvalue weighted by Gasteiger charge is 2.26. The zero-order valence-electron chi connectivity index (χ0n) is 15.0. The third kappa shape index (κ3) is 3.90. The predicted molar refractivity (Wildman–Crippen MR) is 107 cm³/mol.